The summed E-state index contributed by atoms with van der Waals surface area (Å²) in [7, 11) is 0. The van der Waals surface area contributed by atoms with Gasteiger partial charge in [-0.05, 0) is 59.9 Å². The Hall–Kier alpha value is -0.580. The van der Waals surface area contributed by atoms with E-state index < -0.39 is 0 Å². The Morgan fingerprint density at radius 3 is 2.75 bits per heavy atom. The molecule has 0 radical (unpaired) electrons. The fourth-order valence-corrected chi connectivity index (χ4v) is 3.42. The van der Waals surface area contributed by atoms with Crippen LogP contribution < -0.4 is 5.32 Å². The molecule has 110 valence electrons. The van der Waals surface area contributed by atoms with Crippen molar-refractivity contribution in [2.45, 2.75) is 32.2 Å². The number of rotatable bonds is 4. The van der Waals surface area contributed by atoms with Gasteiger partial charge in [0.1, 0.15) is 0 Å². The summed E-state index contributed by atoms with van der Waals surface area (Å²) in [5, 5.41) is 3.75. The molecular formula is C15H20BrClN2O. The summed E-state index contributed by atoms with van der Waals surface area (Å²) in [6, 6.07) is 5.53. The first-order valence-electron chi connectivity index (χ1n) is 7.08. The smallest absolute Gasteiger partial charge is 0.252 e. The van der Waals surface area contributed by atoms with Gasteiger partial charge in [-0.15, -0.1) is 0 Å². The number of halogens is 2. The molecule has 1 amide bonds. The minimum Gasteiger partial charge on any atom is -0.349 e. The van der Waals surface area contributed by atoms with Crippen LogP contribution in [0.1, 0.15) is 36.5 Å². The quantitative estimate of drug-likeness (QED) is 0.889. The minimum absolute atomic E-state index is 0.0255. The Kier molecular flexibility index (Phi) is 5.87. The molecule has 1 N–H and O–H groups in total. The predicted molar refractivity (Wildman–Crippen MR) is 86.4 cm³/mol. The van der Waals surface area contributed by atoms with E-state index in [-0.39, 0.29) is 11.9 Å². The monoisotopic (exact) mass is 358 g/mol. The topological polar surface area (TPSA) is 32.3 Å². The summed E-state index contributed by atoms with van der Waals surface area (Å²) in [5.74, 6) is -0.0255. The highest BCUT2D eigenvalue weighted by molar-refractivity contribution is 9.10. The predicted octanol–water partition coefficient (Wildman–Crippen LogP) is 3.71. The van der Waals surface area contributed by atoms with Gasteiger partial charge in [0.25, 0.3) is 5.91 Å². The number of nitrogens with one attached hydrogen (secondary N) is 1. The number of piperidine rings is 1. The Morgan fingerprint density at radius 1 is 1.45 bits per heavy atom. The second-order valence-electron chi connectivity index (χ2n) is 5.21. The van der Waals surface area contributed by atoms with Crippen LogP contribution in [0.15, 0.2) is 22.7 Å². The third-order valence-electron chi connectivity index (χ3n) is 3.64. The highest BCUT2D eigenvalue weighted by atomic mass is 79.9. The highest BCUT2D eigenvalue weighted by Gasteiger charge is 2.21. The van der Waals surface area contributed by atoms with Gasteiger partial charge in [0.2, 0.25) is 0 Å². The van der Waals surface area contributed by atoms with Crippen LogP contribution in [0.4, 0.5) is 0 Å². The first-order chi connectivity index (χ1) is 9.60. The molecule has 0 atom stereocenters. The van der Waals surface area contributed by atoms with E-state index in [1.807, 2.05) is 0 Å². The Labute approximate surface area is 133 Å². The lowest BCUT2D eigenvalue weighted by molar-refractivity contribution is 0.0910. The van der Waals surface area contributed by atoms with Gasteiger partial charge < -0.3 is 10.2 Å². The van der Waals surface area contributed by atoms with Gasteiger partial charge in [-0.25, -0.2) is 0 Å². The van der Waals surface area contributed by atoms with Crippen molar-refractivity contribution >= 4 is 33.4 Å². The molecular weight excluding hydrogens is 340 g/mol. The first-order valence-corrected chi connectivity index (χ1v) is 8.25. The fourth-order valence-electron chi connectivity index (χ4n) is 2.55. The van der Waals surface area contributed by atoms with Gasteiger partial charge in [-0.2, -0.15) is 0 Å². The normalized spacial score (nSPS) is 17.1. The molecule has 0 aromatic heterocycles. The molecule has 1 aromatic carbocycles. The molecule has 5 heteroatoms. The highest BCUT2D eigenvalue weighted by Crippen LogP contribution is 2.22. The second-order valence-corrected chi connectivity index (χ2v) is 6.50. The van der Waals surface area contributed by atoms with Crippen LogP contribution in [-0.2, 0) is 0 Å². The molecule has 1 saturated heterocycles. The first kappa shape index (κ1) is 15.8. The number of carbonyl (C=O) groups is 1. The van der Waals surface area contributed by atoms with Crippen molar-refractivity contribution in [1.82, 2.24) is 10.2 Å². The number of likely N-dealkylation sites (tertiary alicyclic amines) is 1. The third-order valence-corrected chi connectivity index (χ3v) is 4.53. The van der Waals surface area contributed by atoms with Crippen LogP contribution in [0.2, 0.25) is 5.02 Å². The van der Waals surface area contributed by atoms with E-state index in [1.54, 1.807) is 18.2 Å². The summed E-state index contributed by atoms with van der Waals surface area (Å²) >= 11 is 9.28. The van der Waals surface area contributed by atoms with E-state index in [2.05, 4.69) is 33.1 Å². The number of amides is 1. The number of nitrogens with zero attached hydrogens (tertiary/aromatic N) is 1. The zero-order valence-electron chi connectivity index (χ0n) is 11.7. The van der Waals surface area contributed by atoms with Crippen LogP contribution in [-0.4, -0.2) is 36.5 Å². The molecule has 0 saturated carbocycles. The fraction of sp³-hybridized carbons (Fsp3) is 0.533. The summed E-state index contributed by atoms with van der Waals surface area (Å²) in [6.45, 7) is 5.50. The maximum absolute atomic E-state index is 12.3. The van der Waals surface area contributed by atoms with Crippen LogP contribution in [0, 0.1) is 0 Å². The largest absolute Gasteiger partial charge is 0.349 e. The van der Waals surface area contributed by atoms with Crippen molar-refractivity contribution in [3.8, 4) is 0 Å². The van der Waals surface area contributed by atoms with Crippen LogP contribution >= 0.6 is 27.5 Å². The lowest BCUT2D eigenvalue weighted by Crippen LogP contribution is -2.44. The molecule has 1 aliphatic heterocycles. The zero-order valence-corrected chi connectivity index (χ0v) is 14.0. The average Bonchev–Trinajstić information content (AvgIpc) is 2.41. The molecule has 1 aromatic rings. The van der Waals surface area contributed by atoms with E-state index >= 15 is 0 Å². The Balaban J connectivity index is 1.89. The van der Waals surface area contributed by atoms with Crippen LogP contribution in [0.3, 0.4) is 0 Å². The molecule has 0 unspecified atom stereocenters. The van der Waals surface area contributed by atoms with Gasteiger partial charge in [0, 0.05) is 28.6 Å². The summed E-state index contributed by atoms with van der Waals surface area (Å²) in [6.07, 6.45) is 3.24. The molecule has 0 aliphatic carbocycles. The van der Waals surface area contributed by atoms with E-state index in [9.17, 15) is 4.79 Å². The Morgan fingerprint density at radius 2 is 2.15 bits per heavy atom. The summed E-state index contributed by atoms with van der Waals surface area (Å²) in [5.41, 5.74) is 0.644. The van der Waals surface area contributed by atoms with Gasteiger partial charge in [0.15, 0.2) is 0 Å². The molecule has 0 bridgehead atoms. The van der Waals surface area contributed by atoms with Gasteiger partial charge in [-0.1, -0.05) is 18.5 Å². The molecule has 0 spiro atoms. The Bertz CT molecular complexity index is 473. The van der Waals surface area contributed by atoms with Gasteiger partial charge >= 0.3 is 0 Å². The van der Waals surface area contributed by atoms with Gasteiger partial charge in [-0.3, -0.25) is 4.79 Å². The minimum atomic E-state index is -0.0255. The number of hydrogen-bond acceptors (Lipinski definition) is 2. The molecule has 1 fully saturated rings. The van der Waals surface area contributed by atoms with Crippen molar-refractivity contribution in [3.05, 3.63) is 33.3 Å². The van der Waals surface area contributed by atoms with E-state index in [0.29, 0.717) is 10.6 Å². The maximum Gasteiger partial charge on any atom is 0.252 e. The maximum atomic E-state index is 12.3. The van der Waals surface area contributed by atoms with E-state index in [0.717, 1.165) is 36.9 Å². The van der Waals surface area contributed by atoms with Crippen LogP contribution in [0.25, 0.3) is 0 Å². The molecule has 3 nitrogen and oxygen atoms in total. The molecule has 2 rings (SSSR count). The van der Waals surface area contributed by atoms with Gasteiger partial charge in [0.05, 0.1) is 5.56 Å². The number of benzene rings is 1. The van der Waals surface area contributed by atoms with Crippen molar-refractivity contribution in [2.75, 3.05) is 19.6 Å². The molecule has 1 heterocycles. The lowest BCUT2D eigenvalue weighted by atomic mass is 10.0. The lowest BCUT2D eigenvalue weighted by Gasteiger charge is -2.32. The molecule has 20 heavy (non-hydrogen) atoms. The van der Waals surface area contributed by atoms with Crippen molar-refractivity contribution in [1.29, 1.82) is 0 Å². The van der Waals surface area contributed by atoms with Crippen LogP contribution in [0.5, 0.6) is 0 Å². The summed E-state index contributed by atoms with van der Waals surface area (Å²) < 4.78 is 0.742. The van der Waals surface area contributed by atoms with E-state index in [4.69, 9.17) is 11.6 Å². The van der Waals surface area contributed by atoms with Crippen molar-refractivity contribution < 1.29 is 4.79 Å². The molecule has 1 aliphatic rings. The number of hydrogen-bond donors (Lipinski definition) is 1. The van der Waals surface area contributed by atoms with Crippen molar-refractivity contribution in [3.63, 3.8) is 0 Å². The van der Waals surface area contributed by atoms with Crippen molar-refractivity contribution in [2.24, 2.45) is 0 Å². The summed E-state index contributed by atoms with van der Waals surface area (Å²) in [4.78, 5) is 14.7. The van der Waals surface area contributed by atoms with E-state index in [1.165, 1.54) is 6.42 Å². The average molecular weight is 360 g/mol. The standard InChI is InChI=1S/C15H20BrClN2O/c1-2-7-19-8-5-12(6-9-19)18-15(20)13-4-3-11(17)10-14(13)16/h3-4,10,12H,2,5-9H2,1H3,(H,18,20). The SMILES string of the molecule is CCCN1CCC(NC(=O)c2ccc(Cl)cc2Br)CC1. The number of carbonyl (C=O) groups excluding carboxylic acids is 1. The third kappa shape index (κ3) is 4.21. The second kappa shape index (κ2) is 7.43. The zero-order chi connectivity index (χ0) is 14.5.